The van der Waals surface area contributed by atoms with Crippen LogP contribution in [0.15, 0.2) is 0 Å². The number of rotatable bonds is 1. The number of hydrogen-bond donors (Lipinski definition) is 1. The molecule has 1 nitrogen and oxygen atoms in total. The third kappa shape index (κ3) is 3.14. The minimum Gasteiger partial charge on any atom is -0.309 e. The standard InChI is InChI=1S/C11H23N/c1-9-7-5-6-8-10(9)12-11(2,3)4/h9-10,12H,5-8H2,1-4H3. The fourth-order valence-corrected chi connectivity index (χ4v) is 2.09. The minimum absolute atomic E-state index is 0.288. The Morgan fingerprint density at radius 2 is 1.67 bits per heavy atom. The Hall–Kier alpha value is -0.0400. The van der Waals surface area contributed by atoms with Gasteiger partial charge in [0.2, 0.25) is 0 Å². The average molecular weight is 169 g/mol. The molecule has 1 aliphatic carbocycles. The van der Waals surface area contributed by atoms with Gasteiger partial charge in [0.1, 0.15) is 0 Å². The Morgan fingerprint density at radius 3 is 2.17 bits per heavy atom. The van der Waals surface area contributed by atoms with Crippen LogP contribution in [0, 0.1) is 5.92 Å². The first kappa shape index (κ1) is 10.0. The van der Waals surface area contributed by atoms with Gasteiger partial charge in [-0.15, -0.1) is 0 Å². The van der Waals surface area contributed by atoms with Crippen molar-refractivity contribution in [3.8, 4) is 0 Å². The summed E-state index contributed by atoms with van der Waals surface area (Å²) in [5.41, 5.74) is 0.288. The van der Waals surface area contributed by atoms with Crippen LogP contribution in [0.1, 0.15) is 53.4 Å². The lowest BCUT2D eigenvalue weighted by molar-refractivity contribution is 0.231. The first-order valence-corrected chi connectivity index (χ1v) is 5.27. The molecule has 1 fully saturated rings. The lowest BCUT2D eigenvalue weighted by atomic mass is 9.84. The summed E-state index contributed by atoms with van der Waals surface area (Å²) in [4.78, 5) is 0. The molecule has 0 heterocycles. The summed E-state index contributed by atoms with van der Waals surface area (Å²) in [7, 11) is 0. The van der Waals surface area contributed by atoms with Crippen molar-refractivity contribution < 1.29 is 0 Å². The molecule has 1 saturated carbocycles. The fourth-order valence-electron chi connectivity index (χ4n) is 2.09. The maximum Gasteiger partial charge on any atom is 0.00992 e. The van der Waals surface area contributed by atoms with Gasteiger partial charge in [-0.05, 0) is 39.5 Å². The SMILES string of the molecule is CC1CCCCC1NC(C)(C)C. The van der Waals surface area contributed by atoms with Gasteiger partial charge in [0.15, 0.2) is 0 Å². The van der Waals surface area contributed by atoms with Gasteiger partial charge in [-0.3, -0.25) is 0 Å². The van der Waals surface area contributed by atoms with Crippen LogP contribution in [-0.2, 0) is 0 Å². The fraction of sp³-hybridized carbons (Fsp3) is 1.00. The third-order valence-electron chi connectivity index (χ3n) is 2.73. The summed E-state index contributed by atoms with van der Waals surface area (Å²) in [5, 5.41) is 3.71. The van der Waals surface area contributed by atoms with Gasteiger partial charge in [-0.25, -0.2) is 0 Å². The van der Waals surface area contributed by atoms with E-state index in [1.807, 2.05) is 0 Å². The van der Waals surface area contributed by atoms with Gasteiger partial charge in [0.25, 0.3) is 0 Å². The minimum atomic E-state index is 0.288. The van der Waals surface area contributed by atoms with Crippen molar-refractivity contribution in [2.75, 3.05) is 0 Å². The largest absolute Gasteiger partial charge is 0.309 e. The van der Waals surface area contributed by atoms with Crippen molar-refractivity contribution in [2.45, 2.75) is 65.0 Å². The van der Waals surface area contributed by atoms with E-state index in [0.717, 1.165) is 12.0 Å². The van der Waals surface area contributed by atoms with E-state index < -0.39 is 0 Å². The molecule has 0 aromatic heterocycles. The molecule has 0 aromatic rings. The predicted octanol–water partition coefficient (Wildman–Crippen LogP) is 2.95. The Bertz CT molecular complexity index is 134. The molecule has 0 aromatic carbocycles. The third-order valence-corrected chi connectivity index (χ3v) is 2.73. The molecule has 12 heavy (non-hydrogen) atoms. The molecule has 2 unspecified atom stereocenters. The van der Waals surface area contributed by atoms with Crippen molar-refractivity contribution in [3.05, 3.63) is 0 Å². The zero-order valence-electron chi connectivity index (χ0n) is 8.98. The highest BCUT2D eigenvalue weighted by Crippen LogP contribution is 2.25. The number of nitrogens with one attached hydrogen (secondary N) is 1. The van der Waals surface area contributed by atoms with Crippen LogP contribution >= 0.6 is 0 Å². The van der Waals surface area contributed by atoms with E-state index in [0.29, 0.717) is 0 Å². The molecule has 1 heteroatoms. The lowest BCUT2D eigenvalue weighted by Gasteiger charge is -2.35. The normalized spacial score (nSPS) is 32.0. The van der Waals surface area contributed by atoms with Gasteiger partial charge in [0, 0.05) is 11.6 Å². The van der Waals surface area contributed by atoms with E-state index in [1.165, 1.54) is 25.7 Å². The molecule has 1 N–H and O–H groups in total. The second kappa shape index (κ2) is 3.78. The van der Waals surface area contributed by atoms with Gasteiger partial charge < -0.3 is 5.32 Å². The molecular formula is C11H23N. The molecule has 2 atom stereocenters. The maximum absolute atomic E-state index is 3.71. The summed E-state index contributed by atoms with van der Waals surface area (Å²) in [5.74, 6) is 0.873. The number of hydrogen-bond acceptors (Lipinski definition) is 1. The molecule has 0 amide bonds. The second-order valence-corrected chi connectivity index (χ2v) is 5.26. The van der Waals surface area contributed by atoms with E-state index >= 15 is 0 Å². The lowest BCUT2D eigenvalue weighted by Crippen LogP contribution is -2.47. The summed E-state index contributed by atoms with van der Waals surface area (Å²) in [6.45, 7) is 9.15. The quantitative estimate of drug-likeness (QED) is 0.636. The highest BCUT2D eigenvalue weighted by Gasteiger charge is 2.24. The Balaban J connectivity index is 2.39. The summed E-state index contributed by atoms with van der Waals surface area (Å²) < 4.78 is 0. The maximum atomic E-state index is 3.71. The van der Waals surface area contributed by atoms with E-state index in [-0.39, 0.29) is 5.54 Å². The van der Waals surface area contributed by atoms with Crippen molar-refractivity contribution in [2.24, 2.45) is 5.92 Å². The van der Waals surface area contributed by atoms with Gasteiger partial charge in [0.05, 0.1) is 0 Å². The molecular weight excluding hydrogens is 146 g/mol. The summed E-state index contributed by atoms with van der Waals surface area (Å²) in [6, 6.07) is 0.763. The highest BCUT2D eigenvalue weighted by molar-refractivity contribution is 4.83. The molecule has 0 bridgehead atoms. The molecule has 1 aliphatic rings. The van der Waals surface area contributed by atoms with Gasteiger partial charge in [-0.1, -0.05) is 19.8 Å². The zero-order valence-corrected chi connectivity index (χ0v) is 8.98. The topological polar surface area (TPSA) is 12.0 Å². The van der Waals surface area contributed by atoms with Crippen LogP contribution in [-0.4, -0.2) is 11.6 Å². The van der Waals surface area contributed by atoms with E-state index in [9.17, 15) is 0 Å². The monoisotopic (exact) mass is 169 g/mol. The molecule has 0 aliphatic heterocycles. The molecule has 1 rings (SSSR count). The van der Waals surface area contributed by atoms with Crippen LogP contribution in [0.2, 0.25) is 0 Å². The van der Waals surface area contributed by atoms with Crippen LogP contribution in [0.25, 0.3) is 0 Å². The Morgan fingerprint density at radius 1 is 1.08 bits per heavy atom. The molecule has 0 spiro atoms. The smallest absolute Gasteiger partial charge is 0.00992 e. The van der Waals surface area contributed by atoms with E-state index in [2.05, 4.69) is 33.0 Å². The van der Waals surface area contributed by atoms with Crippen molar-refractivity contribution in [1.29, 1.82) is 0 Å². The van der Waals surface area contributed by atoms with Crippen molar-refractivity contribution in [1.82, 2.24) is 5.32 Å². The van der Waals surface area contributed by atoms with Crippen LogP contribution in [0.3, 0.4) is 0 Å². The summed E-state index contributed by atoms with van der Waals surface area (Å²) in [6.07, 6.45) is 5.63. The first-order valence-electron chi connectivity index (χ1n) is 5.27. The molecule has 72 valence electrons. The van der Waals surface area contributed by atoms with Gasteiger partial charge >= 0.3 is 0 Å². The van der Waals surface area contributed by atoms with Crippen LogP contribution in [0.5, 0.6) is 0 Å². The Labute approximate surface area is 76.9 Å². The van der Waals surface area contributed by atoms with E-state index in [4.69, 9.17) is 0 Å². The molecule has 0 saturated heterocycles. The Kier molecular flexibility index (Phi) is 3.16. The van der Waals surface area contributed by atoms with E-state index in [1.54, 1.807) is 0 Å². The van der Waals surface area contributed by atoms with Gasteiger partial charge in [-0.2, -0.15) is 0 Å². The predicted molar refractivity (Wildman–Crippen MR) is 54.3 cm³/mol. The first-order chi connectivity index (χ1) is 5.49. The van der Waals surface area contributed by atoms with Crippen LogP contribution < -0.4 is 5.32 Å². The van der Waals surface area contributed by atoms with Crippen LogP contribution in [0.4, 0.5) is 0 Å². The van der Waals surface area contributed by atoms with Crippen molar-refractivity contribution >= 4 is 0 Å². The second-order valence-electron chi connectivity index (χ2n) is 5.26. The van der Waals surface area contributed by atoms with Crippen molar-refractivity contribution in [3.63, 3.8) is 0 Å². The molecule has 0 radical (unpaired) electrons. The highest BCUT2D eigenvalue weighted by atomic mass is 15.0. The summed E-state index contributed by atoms with van der Waals surface area (Å²) >= 11 is 0. The average Bonchev–Trinajstić information content (AvgIpc) is 1.91. The zero-order chi connectivity index (χ0) is 9.19.